The average Bonchev–Trinajstić information content (AvgIpc) is 3.22. The number of fused-ring (bicyclic) bond motifs is 2. The third-order valence-electron chi connectivity index (χ3n) is 7.87. The van der Waals surface area contributed by atoms with Crippen LogP contribution in [0, 0.1) is 5.92 Å². The molecule has 0 bridgehead atoms. The molecule has 1 saturated carbocycles. The summed E-state index contributed by atoms with van der Waals surface area (Å²) in [4.78, 5) is 21.2. The first-order valence-electron chi connectivity index (χ1n) is 11.9. The van der Waals surface area contributed by atoms with Gasteiger partial charge in [-0.3, -0.25) is 9.69 Å². The second kappa shape index (κ2) is 8.62. The Bertz CT molecular complexity index is 882. The van der Waals surface area contributed by atoms with Gasteiger partial charge in [0.15, 0.2) is 0 Å². The fraction of sp³-hybridized carbons (Fsp3) is 0.640. The Morgan fingerprint density at radius 2 is 1.87 bits per heavy atom. The zero-order valence-corrected chi connectivity index (χ0v) is 18.2. The highest BCUT2D eigenvalue weighted by molar-refractivity contribution is 5.85. The maximum atomic E-state index is 13.1. The van der Waals surface area contributed by atoms with E-state index in [1.807, 2.05) is 6.07 Å². The number of amides is 1. The monoisotopic (exact) mass is 409 g/mol. The van der Waals surface area contributed by atoms with Gasteiger partial charge in [-0.2, -0.15) is 0 Å². The minimum Gasteiger partial charge on any atom is -0.497 e. The number of hydrogen-bond acceptors (Lipinski definition) is 3. The van der Waals surface area contributed by atoms with E-state index < -0.39 is 0 Å². The zero-order chi connectivity index (χ0) is 20.5. The van der Waals surface area contributed by atoms with E-state index in [-0.39, 0.29) is 0 Å². The number of piperidine rings is 2. The van der Waals surface area contributed by atoms with E-state index in [0.29, 0.717) is 24.4 Å². The number of aromatic amines is 1. The van der Waals surface area contributed by atoms with Crippen molar-refractivity contribution < 1.29 is 9.53 Å². The first-order valence-corrected chi connectivity index (χ1v) is 11.9. The van der Waals surface area contributed by atoms with Crippen LogP contribution in [-0.2, 0) is 4.79 Å². The van der Waals surface area contributed by atoms with E-state index in [9.17, 15) is 4.79 Å². The Kier molecular flexibility index (Phi) is 5.72. The van der Waals surface area contributed by atoms with Gasteiger partial charge in [0.2, 0.25) is 5.91 Å². The molecule has 0 spiro atoms. The molecule has 3 fully saturated rings. The minimum atomic E-state index is 0.377. The standard InChI is InChI=1S/C25H35N3O2/c1-30-20-8-9-23-21(15-20)22(16-26-23)18-10-13-27(14-11-18)17-25(29)28-12-4-6-19-5-2-3-7-24(19)28/h8-9,15-16,18-19,24,26H,2-7,10-14,17H2,1H3. The number of aromatic nitrogens is 1. The lowest BCUT2D eigenvalue weighted by molar-refractivity contribution is -0.139. The summed E-state index contributed by atoms with van der Waals surface area (Å²) < 4.78 is 5.43. The summed E-state index contributed by atoms with van der Waals surface area (Å²) in [7, 11) is 1.72. The number of ether oxygens (including phenoxy) is 1. The van der Waals surface area contributed by atoms with Crippen molar-refractivity contribution in [1.82, 2.24) is 14.8 Å². The molecule has 1 N–H and O–H groups in total. The molecule has 2 aliphatic heterocycles. The summed E-state index contributed by atoms with van der Waals surface area (Å²) in [6.07, 6.45) is 12.1. The molecule has 5 heteroatoms. The zero-order valence-electron chi connectivity index (χ0n) is 18.2. The Morgan fingerprint density at radius 3 is 2.70 bits per heavy atom. The summed E-state index contributed by atoms with van der Waals surface area (Å²) in [5.74, 6) is 2.60. The number of nitrogens with zero attached hydrogens (tertiary/aromatic N) is 2. The van der Waals surface area contributed by atoms with Crippen molar-refractivity contribution in [3.8, 4) is 5.75 Å². The molecule has 1 amide bonds. The second-order valence-corrected chi connectivity index (χ2v) is 9.55. The number of benzene rings is 1. The normalized spacial score (nSPS) is 26.0. The van der Waals surface area contributed by atoms with Crippen molar-refractivity contribution >= 4 is 16.8 Å². The van der Waals surface area contributed by atoms with Crippen LogP contribution in [0.15, 0.2) is 24.4 Å². The molecule has 30 heavy (non-hydrogen) atoms. The van der Waals surface area contributed by atoms with E-state index >= 15 is 0 Å². The number of methoxy groups -OCH3 is 1. The Morgan fingerprint density at radius 1 is 1.07 bits per heavy atom. The smallest absolute Gasteiger partial charge is 0.237 e. The minimum absolute atomic E-state index is 0.377. The number of rotatable bonds is 4. The van der Waals surface area contributed by atoms with Crippen LogP contribution in [0.1, 0.15) is 62.8 Å². The van der Waals surface area contributed by atoms with Crippen LogP contribution in [0.2, 0.25) is 0 Å². The van der Waals surface area contributed by atoms with Gasteiger partial charge < -0.3 is 14.6 Å². The largest absolute Gasteiger partial charge is 0.497 e. The van der Waals surface area contributed by atoms with Crippen molar-refractivity contribution in [3.05, 3.63) is 30.0 Å². The molecule has 1 aliphatic carbocycles. The van der Waals surface area contributed by atoms with Gasteiger partial charge in [-0.15, -0.1) is 0 Å². The quantitative estimate of drug-likeness (QED) is 0.807. The summed E-state index contributed by atoms with van der Waals surface area (Å²) in [5.41, 5.74) is 2.58. The molecule has 0 radical (unpaired) electrons. The molecule has 1 aromatic heterocycles. The average molecular weight is 410 g/mol. The number of likely N-dealkylation sites (tertiary alicyclic amines) is 2. The second-order valence-electron chi connectivity index (χ2n) is 9.55. The van der Waals surface area contributed by atoms with E-state index in [1.165, 1.54) is 55.0 Å². The van der Waals surface area contributed by atoms with E-state index in [0.717, 1.165) is 44.1 Å². The number of carbonyl (C=O) groups excluding carboxylic acids is 1. The lowest BCUT2D eigenvalue weighted by Crippen LogP contribution is -2.53. The third kappa shape index (κ3) is 3.84. The molecular formula is C25H35N3O2. The van der Waals surface area contributed by atoms with Crippen LogP contribution in [0.3, 0.4) is 0 Å². The van der Waals surface area contributed by atoms with Crippen LogP contribution in [0.4, 0.5) is 0 Å². The third-order valence-corrected chi connectivity index (χ3v) is 7.87. The van der Waals surface area contributed by atoms with Crippen molar-refractivity contribution in [3.63, 3.8) is 0 Å². The van der Waals surface area contributed by atoms with Gasteiger partial charge in [0, 0.05) is 29.7 Å². The molecule has 5 rings (SSSR count). The summed E-state index contributed by atoms with van der Waals surface area (Å²) in [6.45, 7) is 3.61. The highest BCUT2D eigenvalue weighted by Gasteiger charge is 2.36. The molecular weight excluding hydrogens is 374 g/mol. The number of hydrogen-bond donors (Lipinski definition) is 1. The summed E-state index contributed by atoms with van der Waals surface area (Å²) in [6, 6.07) is 6.78. The van der Waals surface area contributed by atoms with Crippen LogP contribution in [0.25, 0.3) is 10.9 Å². The molecule has 1 aromatic carbocycles. The van der Waals surface area contributed by atoms with Crippen LogP contribution in [0.5, 0.6) is 5.75 Å². The first kappa shape index (κ1) is 19.9. The SMILES string of the molecule is COc1ccc2[nH]cc(C3CCN(CC(=O)N4CCCC5CCCCC54)CC3)c2c1. The van der Waals surface area contributed by atoms with Crippen LogP contribution >= 0.6 is 0 Å². The van der Waals surface area contributed by atoms with E-state index in [1.54, 1.807) is 7.11 Å². The molecule has 2 saturated heterocycles. The van der Waals surface area contributed by atoms with Gasteiger partial charge in [-0.25, -0.2) is 0 Å². The van der Waals surface area contributed by atoms with E-state index in [2.05, 4.69) is 33.1 Å². The Hall–Kier alpha value is -2.01. The molecule has 2 aromatic rings. The lowest BCUT2D eigenvalue weighted by atomic mass is 9.78. The lowest BCUT2D eigenvalue weighted by Gasteiger charge is -2.45. The van der Waals surface area contributed by atoms with Gasteiger partial charge in [0.05, 0.1) is 13.7 Å². The number of nitrogens with one attached hydrogen (secondary N) is 1. The molecule has 3 heterocycles. The highest BCUT2D eigenvalue weighted by Crippen LogP contribution is 2.36. The summed E-state index contributed by atoms with van der Waals surface area (Å²) in [5, 5.41) is 1.28. The van der Waals surface area contributed by atoms with Gasteiger partial charge in [-0.05, 0) is 87.2 Å². The van der Waals surface area contributed by atoms with Crippen molar-refractivity contribution in [2.45, 2.75) is 63.3 Å². The molecule has 3 aliphatic rings. The molecule has 2 atom stereocenters. The fourth-order valence-electron chi connectivity index (χ4n) is 6.20. The fourth-order valence-corrected chi connectivity index (χ4v) is 6.20. The van der Waals surface area contributed by atoms with E-state index in [4.69, 9.17) is 4.74 Å². The topological polar surface area (TPSA) is 48.6 Å². The predicted octanol–water partition coefficient (Wildman–Crippen LogP) is 4.54. The van der Waals surface area contributed by atoms with Crippen LogP contribution in [-0.4, -0.2) is 60.0 Å². The molecule has 162 valence electrons. The van der Waals surface area contributed by atoms with Crippen molar-refractivity contribution in [2.75, 3.05) is 33.3 Å². The maximum absolute atomic E-state index is 13.1. The molecule has 2 unspecified atom stereocenters. The predicted molar refractivity (Wildman–Crippen MR) is 120 cm³/mol. The molecule has 5 nitrogen and oxygen atoms in total. The maximum Gasteiger partial charge on any atom is 0.237 e. The first-order chi connectivity index (χ1) is 14.7. The Labute approximate surface area is 179 Å². The number of carbonyl (C=O) groups is 1. The highest BCUT2D eigenvalue weighted by atomic mass is 16.5. The van der Waals surface area contributed by atoms with Crippen molar-refractivity contribution in [1.29, 1.82) is 0 Å². The van der Waals surface area contributed by atoms with Gasteiger partial charge >= 0.3 is 0 Å². The van der Waals surface area contributed by atoms with Gasteiger partial charge in [0.1, 0.15) is 5.75 Å². The summed E-state index contributed by atoms with van der Waals surface area (Å²) >= 11 is 0. The van der Waals surface area contributed by atoms with Crippen molar-refractivity contribution in [2.24, 2.45) is 5.92 Å². The van der Waals surface area contributed by atoms with Crippen LogP contribution < -0.4 is 4.74 Å². The van der Waals surface area contributed by atoms with Gasteiger partial charge in [0.25, 0.3) is 0 Å². The number of H-pyrrole nitrogens is 1. The Balaban J connectivity index is 1.20. The van der Waals surface area contributed by atoms with Gasteiger partial charge in [-0.1, -0.05) is 12.8 Å².